The Hall–Kier alpha value is -2.05. The van der Waals surface area contributed by atoms with Crippen LogP contribution in [-0.2, 0) is 19.1 Å². The van der Waals surface area contributed by atoms with Crippen LogP contribution in [0.15, 0.2) is 24.3 Å². The van der Waals surface area contributed by atoms with E-state index < -0.39 is 24.4 Å². The van der Waals surface area contributed by atoms with E-state index in [0.29, 0.717) is 15.6 Å². The molecule has 0 aromatic heterocycles. The number of ether oxygens (including phenoxy) is 1. The van der Waals surface area contributed by atoms with Crippen molar-refractivity contribution in [2.45, 2.75) is 0 Å². The molecule has 0 saturated carbocycles. The first-order chi connectivity index (χ1) is 9.88. The quantitative estimate of drug-likeness (QED) is 0.603. The van der Waals surface area contributed by atoms with E-state index >= 15 is 0 Å². The summed E-state index contributed by atoms with van der Waals surface area (Å²) in [6.45, 7) is -0.812. The maximum Gasteiger partial charge on any atom is 0.331 e. The molecule has 0 fully saturated rings. The number of carbonyl (C=O) groups excluding carboxylic acids is 3. The van der Waals surface area contributed by atoms with Crippen LogP contribution in [0.25, 0.3) is 6.08 Å². The fraction of sp³-hybridized carbons (Fsp3) is 0.154. The summed E-state index contributed by atoms with van der Waals surface area (Å²) in [6.07, 6.45) is 2.60. The summed E-state index contributed by atoms with van der Waals surface area (Å²) < 4.78 is 4.66. The van der Waals surface area contributed by atoms with Gasteiger partial charge in [0.1, 0.15) is 0 Å². The zero-order valence-corrected chi connectivity index (χ0v) is 12.3. The van der Waals surface area contributed by atoms with Gasteiger partial charge in [0.25, 0.3) is 5.91 Å². The Bertz CT molecular complexity index is 588. The molecule has 112 valence electrons. The fourth-order valence-electron chi connectivity index (χ4n) is 1.20. The molecule has 8 heteroatoms. The molecular formula is C13H12Cl2N2O4. The van der Waals surface area contributed by atoms with Gasteiger partial charge in [-0.2, -0.15) is 0 Å². The van der Waals surface area contributed by atoms with Gasteiger partial charge in [-0.1, -0.05) is 29.3 Å². The molecule has 0 aliphatic carbocycles. The zero-order valence-electron chi connectivity index (χ0n) is 10.8. The predicted molar refractivity (Wildman–Crippen MR) is 78.7 cm³/mol. The lowest BCUT2D eigenvalue weighted by molar-refractivity contribution is -0.143. The lowest BCUT2D eigenvalue weighted by Crippen LogP contribution is -2.35. The van der Waals surface area contributed by atoms with Crippen molar-refractivity contribution >= 4 is 47.1 Å². The van der Waals surface area contributed by atoms with Gasteiger partial charge in [0.05, 0.1) is 16.6 Å². The number of halogens is 2. The van der Waals surface area contributed by atoms with Crippen LogP contribution in [0.3, 0.4) is 0 Å². The van der Waals surface area contributed by atoms with Crippen LogP contribution in [0.2, 0.25) is 10.0 Å². The number of benzene rings is 1. The van der Waals surface area contributed by atoms with Crippen molar-refractivity contribution in [3.8, 4) is 0 Å². The molecule has 0 bridgehead atoms. The van der Waals surface area contributed by atoms with Gasteiger partial charge < -0.3 is 15.8 Å². The molecule has 6 nitrogen and oxygen atoms in total. The maximum absolute atomic E-state index is 11.4. The molecule has 0 atom stereocenters. The first-order valence-corrected chi connectivity index (χ1v) is 6.49. The minimum atomic E-state index is -0.713. The number of nitrogens with two attached hydrogens (primary N) is 1. The van der Waals surface area contributed by atoms with Crippen LogP contribution in [0.5, 0.6) is 0 Å². The van der Waals surface area contributed by atoms with Crippen molar-refractivity contribution in [3.63, 3.8) is 0 Å². The van der Waals surface area contributed by atoms with Crippen molar-refractivity contribution in [2.24, 2.45) is 5.73 Å². The zero-order chi connectivity index (χ0) is 15.8. The predicted octanol–water partition coefficient (Wildman–Crippen LogP) is 1.15. The van der Waals surface area contributed by atoms with Crippen LogP contribution < -0.4 is 11.1 Å². The van der Waals surface area contributed by atoms with E-state index in [-0.39, 0.29) is 6.54 Å². The molecule has 0 aliphatic heterocycles. The maximum atomic E-state index is 11.4. The third-order valence-corrected chi connectivity index (χ3v) is 2.90. The molecule has 1 aromatic carbocycles. The van der Waals surface area contributed by atoms with Gasteiger partial charge in [-0.3, -0.25) is 9.59 Å². The van der Waals surface area contributed by atoms with Gasteiger partial charge >= 0.3 is 5.97 Å². The first kappa shape index (κ1) is 17.0. The summed E-state index contributed by atoms with van der Waals surface area (Å²) in [5, 5.41) is 2.94. The highest BCUT2D eigenvalue weighted by Gasteiger charge is 2.05. The smallest absolute Gasteiger partial charge is 0.331 e. The Labute approximate surface area is 130 Å². The van der Waals surface area contributed by atoms with Gasteiger partial charge in [0.2, 0.25) is 5.91 Å². The topological polar surface area (TPSA) is 98.5 Å². The third-order valence-electron chi connectivity index (χ3n) is 2.16. The number of nitrogens with one attached hydrogen (secondary N) is 1. The normalized spacial score (nSPS) is 10.4. The molecule has 0 aliphatic rings. The van der Waals surface area contributed by atoms with Crippen molar-refractivity contribution in [3.05, 3.63) is 39.9 Å². The van der Waals surface area contributed by atoms with E-state index in [4.69, 9.17) is 28.9 Å². The number of hydrogen-bond donors (Lipinski definition) is 2. The van der Waals surface area contributed by atoms with Crippen LogP contribution in [0.4, 0.5) is 0 Å². The molecule has 0 saturated heterocycles. The molecule has 2 amide bonds. The average Bonchev–Trinajstić information content (AvgIpc) is 2.44. The lowest BCUT2D eigenvalue weighted by Gasteiger charge is -2.03. The molecule has 21 heavy (non-hydrogen) atoms. The summed E-state index contributed by atoms with van der Waals surface area (Å²) in [5.41, 5.74) is 5.49. The summed E-state index contributed by atoms with van der Waals surface area (Å²) >= 11 is 11.6. The molecule has 1 rings (SSSR count). The second-order valence-electron chi connectivity index (χ2n) is 3.86. The Morgan fingerprint density at radius 3 is 2.57 bits per heavy atom. The highest BCUT2D eigenvalue weighted by molar-refractivity contribution is 6.42. The Kier molecular flexibility index (Phi) is 6.71. The number of hydrogen-bond acceptors (Lipinski definition) is 4. The Balaban J connectivity index is 2.42. The van der Waals surface area contributed by atoms with Gasteiger partial charge in [-0.05, 0) is 23.8 Å². The SMILES string of the molecule is NC(=O)CNC(=O)COC(=O)/C=C/c1ccc(Cl)c(Cl)c1. The molecular weight excluding hydrogens is 319 g/mol. The molecule has 0 spiro atoms. The second-order valence-corrected chi connectivity index (χ2v) is 4.67. The largest absolute Gasteiger partial charge is 0.452 e. The van der Waals surface area contributed by atoms with E-state index in [1.54, 1.807) is 18.2 Å². The second kappa shape index (κ2) is 8.28. The van der Waals surface area contributed by atoms with Gasteiger partial charge in [-0.15, -0.1) is 0 Å². The van der Waals surface area contributed by atoms with Crippen molar-refractivity contribution in [1.82, 2.24) is 5.32 Å². The third kappa shape index (κ3) is 6.78. The minimum absolute atomic E-state index is 0.310. The molecule has 0 heterocycles. The van der Waals surface area contributed by atoms with Crippen LogP contribution in [0, 0.1) is 0 Å². The van der Waals surface area contributed by atoms with Crippen LogP contribution in [0.1, 0.15) is 5.56 Å². The first-order valence-electron chi connectivity index (χ1n) is 5.73. The van der Waals surface area contributed by atoms with Crippen molar-refractivity contribution in [1.29, 1.82) is 0 Å². The van der Waals surface area contributed by atoms with Gasteiger partial charge in [0, 0.05) is 6.08 Å². The Morgan fingerprint density at radius 2 is 1.95 bits per heavy atom. The minimum Gasteiger partial charge on any atom is -0.452 e. The molecule has 3 N–H and O–H groups in total. The highest BCUT2D eigenvalue weighted by Crippen LogP contribution is 2.23. The fourth-order valence-corrected chi connectivity index (χ4v) is 1.51. The molecule has 0 unspecified atom stereocenters. The summed E-state index contributed by atoms with van der Waals surface area (Å²) in [5.74, 6) is -2.02. The number of esters is 1. The van der Waals surface area contributed by atoms with E-state index in [2.05, 4.69) is 10.1 Å². The monoisotopic (exact) mass is 330 g/mol. The van der Waals surface area contributed by atoms with Crippen LogP contribution >= 0.6 is 23.2 Å². The average molecular weight is 331 g/mol. The van der Waals surface area contributed by atoms with E-state index in [1.165, 1.54) is 6.08 Å². The van der Waals surface area contributed by atoms with Gasteiger partial charge in [-0.25, -0.2) is 4.79 Å². The summed E-state index contributed by atoms with van der Waals surface area (Å²) in [6, 6.07) is 4.83. The Morgan fingerprint density at radius 1 is 1.24 bits per heavy atom. The van der Waals surface area contributed by atoms with E-state index in [0.717, 1.165) is 6.08 Å². The van der Waals surface area contributed by atoms with Crippen molar-refractivity contribution < 1.29 is 19.1 Å². The summed E-state index contributed by atoms with van der Waals surface area (Å²) in [4.78, 5) is 32.9. The number of amides is 2. The standard InChI is InChI=1S/C13H12Cl2N2O4/c14-9-3-1-8(5-10(9)15)2-4-13(20)21-7-12(19)17-6-11(16)18/h1-5H,6-7H2,(H2,16,18)(H,17,19)/b4-2+. The number of rotatable bonds is 6. The number of primary amides is 1. The number of carbonyl (C=O) groups is 3. The van der Waals surface area contributed by atoms with Crippen LogP contribution in [-0.4, -0.2) is 30.9 Å². The summed E-state index contributed by atoms with van der Waals surface area (Å²) in [7, 11) is 0. The molecule has 1 aromatic rings. The van der Waals surface area contributed by atoms with Gasteiger partial charge in [0.15, 0.2) is 6.61 Å². The van der Waals surface area contributed by atoms with E-state index in [9.17, 15) is 14.4 Å². The highest BCUT2D eigenvalue weighted by atomic mass is 35.5. The lowest BCUT2D eigenvalue weighted by atomic mass is 10.2. The van der Waals surface area contributed by atoms with E-state index in [1.807, 2.05) is 0 Å². The van der Waals surface area contributed by atoms with Crippen molar-refractivity contribution in [2.75, 3.05) is 13.2 Å². The molecule has 0 radical (unpaired) electrons.